The molecule has 0 unspecified atom stereocenters. The predicted molar refractivity (Wildman–Crippen MR) is 87.8 cm³/mol. The molecule has 5 heteroatoms. The number of nitrogens with one attached hydrogen (secondary N) is 1. The van der Waals surface area contributed by atoms with Crippen LogP contribution in [-0.2, 0) is 0 Å². The van der Waals surface area contributed by atoms with Crippen LogP contribution >= 0.6 is 36.2 Å². The first-order valence-corrected chi connectivity index (χ1v) is 8.53. The third kappa shape index (κ3) is 4.02. The van der Waals surface area contributed by atoms with Crippen molar-refractivity contribution in [3.8, 4) is 0 Å². The number of nitrogens with zero attached hydrogens (tertiary/aromatic N) is 1. The van der Waals surface area contributed by atoms with Gasteiger partial charge in [0.05, 0.1) is 19.6 Å². The van der Waals surface area contributed by atoms with Crippen molar-refractivity contribution in [2.45, 2.75) is 31.6 Å². The molecule has 0 atom stereocenters. The van der Waals surface area contributed by atoms with E-state index >= 15 is 0 Å². The van der Waals surface area contributed by atoms with E-state index in [4.69, 9.17) is 24.4 Å². The van der Waals surface area contributed by atoms with E-state index in [9.17, 15) is 0 Å². The molecule has 0 spiro atoms. The van der Waals surface area contributed by atoms with Crippen LogP contribution in [0.15, 0.2) is 4.90 Å². The molecule has 0 fully saturated rings. The van der Waals surface area contributed by atoms with Crippen LogP contribution < -0.4 is 5.32 Å². The normalized spacial score (nSPS) is 11.3. The van der Waals surface area contributed by atoms with Crippen molar-refractivity contribution in [1.82, 2.24) is 4.90 Å². The Hall–Kier alpha value is 0.0300. The standard InChI is InChI=1S/C13H22N2S3/c1-4-7-15(8-5-2)9-6-14-10-11(16)12(17)13(10)18-3/h14H,4-9H2,1-3H3. The van der Waals surface area contributed by atoms with Crippen molar-refractivity contribution in [2.24, 2.45) is 0 Å². The second kappa shape index (κ2) is 8.25. The average molecular weight is 303 g/mol. The topological polar surface area (TPSA) is 15.3 Å². The van der Waals surface area contributed by atoms with Crippen LogP contribution in [0.4, 0.5) is 5.69 Å². The summed E-state index contributed by atoms with van der Waals surface area (Å²) in [6.07, 6.45) is 4.47. The van der Waals surface area contributed by atoms with Crippen molar-refractivity contribution in [3.63, 3.8) is 0 Å². The minimum absolute atomic E-state index is 0.840. The monoisotopic (exact) mass is 302 g/mol. The molecule has 0 saturated heterocycles. The van der Waals surface area contributed by atoms with Crippen LogP contribution in [0.2, 0.25) is 0 Å². The molecule has 1 N–H and O–H groups in total. The summed E-state index contributed by atoms with van der Waals surface area (Å²) >= 11 is 12.2. The Kier molecular flexibility index (Phi) is 7.37. The lowest BCUT2D eigenvalue weighted by atomic mass is 10.2. The second-order valence-corrected chi connectivity index (χ2v) is 5.97. The Morgan fingerprint density at radius 2 is 1.67 bits per heavy atom. The van der Waals surface area contributed by atoms with Crippen molar-refractivity contribution in [1.29, 1.82) is 0 Å². The Morgan fingerprint density at radius 1 is 1.06 bits per heavy atom. The third-order valence-corrected chi connectivity index (χ3v) is 4.77. The number of hydrogen-bond donors (Lipinski definition) is 1. The minimum Gasteiger partial charge on any atom is -0.382 e. The molecule has 0 aromatic heterocycles. The highest BCUT2D eigenvalue weighted by Gasteiger charge is 2.13. The summed E-state index contributed by atoms with van der Waals surface area (Å²) in [6.45, 7) is 8.82. The average Bonchev–Trinajstić information content (AvgIpc) is 2.37. The summed E-state index contributed by atoms with van der Waals surface area (Å²) in [7, 11) is 0. The highest BCUT2D eigenvalue weighted by atomic mass is 32.2. The Balaban J connectivity index is 2.43. The summed E-state index contributed by atoms with van der Waals surface area (Å²) < 4.78 is 1.70. The molecule has 0 amide bonds. The van der Waals surface area contributed by atoms with Crippen LogP contribution in [0.5, 0.6) is 0 Å². The third-order valence-electron chi connectivity index (χ3n) is 2.88. The Bertz CT molecular complexity index is 429. The van der Waals surface area contributed by atoms with Crippen molar-refractivity contribution in [3.05, 3.63) is 9.02 Å². The molecule has 18 heavy (non-hydrogen) atoms. The van der Waals surface area contributed by atoms with Crippen LogP contribution in [-0.4, -0.2) is 37.3 Å². The molecule has 102 valence electrons. The number of hydrogen-bond acceptors (Lipinski definition) is 5. The summed E-state index contributed by atoms with van der Waals surface area (Å²) in [6, 6.07) is 0. The van der Waals surface area contributed by atoms with Crippen LogP contribution in [0.1, 0.15) is 26.7 Å². The first-order chi connectivity index (χ1) is 8.65. The largest absolute Gasteiger partial charge is 0.382 e. The molecule has 1 rings (SSSR count). The summed E-state index contributed by atoms with van der Waals surface area (Å²) in [4.78, 5) is 3.65. The van der Waals surface area contributed by atoms with Gasteiger partial charge in [-0.05, 0) is 32.2 Å². The zero-order chi connectivity index (χ0) is 13.5. The van der Waals surface area contributed by atoms with Gasteiger partial charge in [-0.2, -0.15) is 0 Å². The van der Waals surface area contributed by atoms with E-state index in [1.807, 2.05) is 6.26 Å². The van der Waals surface area contributed by atoms with Crippen molar-refractivity contribution in [2.75, 3.05) is 37.8 Å². The molecule has 2 nitrogen and oxygen atoms in total. The fraction of sp³-hybridized carbons (Fsp3) is 0.692. The van der Waals surface area contributed by atoms with E-state index in [2.05, 4.69) is 24.1 Å². The van der Waals surface area contributed by atoms with Gasteiger partial charge in [0.1, 0.15) is 0 Å². The smallest absolute Gasteiger partial charge is 0.0813 e. The highest BCUT2D eigenvalue weighted by molar-refractivity contribution is 7.99. The summed E-state index contributed by atoms with van der Waals surface area (Å²) in [5.74, 6) is 0. The van der Waals surface area contributed by atoms with Gasteiger partial charge in [-0.3, -0.25) is 0 Å². The highest BCUT2D eigenvalue weighted by Crippen LogP contribution is 2.34. The second-order valence-electron chi connectivity index (χ2n) is 4.33. The lowest BCUT2D eigenvalue weighted by Gasteiger charge is -2.22. The fourth-order valence-corrected chi connectivity index (χ4v) is 3.56. The lowest BCUT2D eigenvalue weighted by molar-refractivity contribution is 0.285. The van der Waals surface area contributed by atoms with E-state index in [-0.39, 0.29) is 0 Å². The maximum absolute atomic E-state index is 5.26. The zero-order valence-electron chi connectivity index (χ0n) is 11.4. The Labute approximate surface area is 125 Å². The molecule has 1 aromatic carbocycles. The first-order valence-electron chi connectivity index (χ1n) is 6.49. The quantitative estimate of drug-likeness (QED) is 0.539. The van der Waals surface area contributed by atoms with Crippen molar-refractivity contribution >= 4 is 41.9 Å². The molecule has 0 aliphatic heterocycles. The van der Waals surface area contributed by atoms with Gasteiger partial charge in [0.15, 0.2) is 0 Å². The van der Waals surface area contributed by atoms with E-state index < -0.39 is 0 Å². The van der Waals surface area contributed by atoms with Gasteiger partial charge in [-0.25, -0.2) is 0 Å². The van der Waals surface area contributed by atoms with Gasteiger partial charge in [-0.15, -0.1) is 11.8 Å². The lowest BCUT2D eigenvalue weighted by Crippen LogP contribution is -2.30. The van der Waals surface area contributed by atoms with Gasteiger partial charge < -0.3 is 10.2 Å². The maximum Gasteiger partial charge on any atom is 0.0813 e. The van der Waals surface area contributed by atoms with Crippen LogP contribution in [0, 0.1) is 9.02 Å². The molecule has 0 saturated carbocycles. The molecule has 0 heterocycles. The van der Waals surface area contributed by atoms with Gasteiger partial charge in [-0.1, -0.05) is 38.3 Å². The summed E-state index contributed by atoms with van der Waals surface area (Å²) in [5.41, 5.74) is 1.09. The molecule has 1 aromatic rings. The van der Waals surface area contributed by atoms with E-state index in [1.165, 1.54) is 25.9 Å². The maximum atomic E-state index is 5.26. The van der Waals surface area contributed by atoms with E-state index in [0.29, 0.717) is 0 Å². The first kappa shape index (κ1) is 16.1. The fourth-order valence-electron chi connectivity index (χ4n) is 2.03. The molecule has 0 aliphatic carbocycles. The molecule has 0 radical (unpaired) electrons. The predicted octanol–water partition coefficient (Wildman–Crippen LogP) is 4.28. The number of rotatable bonds is 9. The van der Waals surface area contributed by atoms with Crippen LogP contribution in [0.25, 0.3) is 0 Å². The van der Waals surface area contributed by atoms with Gasteiger partial charge in [0, 0.05) is 13.1 Å². The minimum atomic E-state index is 0.840. The zero-order valence-corrected chi connectivity index (χ0v) is 13.9. The molecule has 0 bridgehead atoms. The molecule has 0 aliphatic rings. The van der Waals surface area contributed by atoms with Gasteiger partial charge >= 0.3 is 0 Å². The number of thioether (sulfide) groups is 1. The van der Waals surface area contributed by atoms with Gasteiger partial charge in [0.2, 0.25) is 0 Å². The SMILES string of the molecule is CCCN(CCC)CCNc1c(SC)c(=S)c1=S. The van der Waals surface area contributed by atoms with E-state index in [1.54, 1.807) is 11.8 Å². The van der Waals surface area contributed by atoms with Gasteiger partial charge in [0.25, 0.3) is 0 Å². The number of anilines is 1. The molecular formula is C13H22N2S3. The van der Waals surface area contributed by atoms with Crippen LogP contribution in [0.3, 0.4) is 0 Å². The van der Waals surface area contributed by atoms with E-state index in [0.717, 1.165) is 32.7 Å². The van der Waals surface area contributed by atoms with Crippen molar-refractivity contribution < 1.29 is 0 Å². The summed E-state index contributed by atoms with van der Waals surface area (Å²) in [5, 5.41) is 3.44. The Morgan fingerprint density at radius 3 is 2.17 bits per heavy atom. The molecular weight excluding hydrogens is 280 g/mol.